The van der Waals surface area contributed by atoms with E-state index in [1.54, 1.807) is 0 Å². The van der Waals surface area contributed by atoms with E-state index in [4.69, 9.17) is 24.7 Å². The van der Waals surface area contributed by atoms with Crippen molar-refractivity contribution in [1.29, 1.82) is 0 Å². The minimum atomic E-state index is -2.86. The van der Waals surface area contributed by atoms with Gasteiger partial charge in [-0.3, -0.25) is 9.80 Å². The summed E-state index contributed by atoms with van der Waals surface area (Å²) in [6.45, 7) is 6.62. The van der Waals surface area contributed by atoms with Crippen molar-refractivity contribution in [2.75, 3.05) is 87.9 Å². The maximum Gasteiger partial charge on any atom is 0.239 e. The summed E-state index contributed by atoms with van der Waals surface area (Å²) in [5.74, 6) is 2.69. The Hall–Kier alpha value is -3.39. The minimum absolute atomic E-state index is 0.271. The molecule has 3 aliphatic heterocycles. The molecule has 0 N–H and O–H groups in total. The van der Waals surface area contributed by atoms with E-state index < -0.39 is 9.84 Å². The standard InChI is InChI=1S/C28H35N9O3S/c1-33(2)28-31-22-5-3-4-6-24(22)37(28)27-30-23-8-7-20(29-25(23)26(32-27)36-9-13-40-14-10-36)17-34-18-21(19-34)35-11-15-41(38,39)16-12-35/h3-8,21H,9-19H2,1-2H3. The summed E-state index contributed by atoms with van der Waals surface area (Å²) in [5.41, 5.74) is 4.40. The van der Waals surface area contributed by atoms with Crippen LogP contribution < -0.4 is 9.80 Å². The highest BCUT2D eigenvalue weighted by atomic mass is 32.2. The Morgan fingerprint density at radius 3 is 2.41 bits per heavy atom. The molecule has 0 saturated carbocycles. The normalized spacial score (nSPS) is 20.5. The van der Waals surface area contributed by atoms with Gasteiger partial charge in [0.2, 0.25) is 11.9 Å². The Morgan fingerprint density at radius 1 is 0.902 bits per heavy atom. The van der Waals surface area contributed by atoms with Crippen molar-refractivity contribution in [3.63, 3.8) is 0 Å². The lowest BCUT2D eigenvalue weighted by Crippen LogP contribution is -2.61. The van der Waals surface area contributed by atoms with Gasteiger partial charge < -0.3 is 14.5 Å². The number of sulfone groups is 1. The lowest BCUT2D eigenvalue weighted by molar-refractivity contribution is 0.0327. The summed E-state index contributed by atoms with van der Waals surface area (Å²) in [6.07, 6.45) is 0. The van der Waals surface area contributed by atoms with Crippen LogP contribution in [0.25, 0.3) is 28.0 Å². The molecule has 12 nitrogen and oxygen atoms in total. The summed E-state index contributed by atoms with van der Waals surface area (Å²) in [4.78, 5) is 29.0. The Kier molecular flexibility index (Phi) is 6.76. The van der Waals surface area contributed by atoms with Gasteiger partial charge in [0.05, 0.1) is 47.0 Å². The number of ether oxygens (including phenoxy) is 1. The molecule has 0 amide bonds. The van der Waals surface area contributed by atoms with Crippen molar-refractivity contribution < 1.29 is 13.2 Å². The van der Waals surface area contributed by atoms with Crippen LogP contribution in [0.5, 0.6) is 0 Å². The predicted molar refractivity (Wildman–Crippen MR) is 159 cm³/mol. The third-order valence-electron chi connectivity index (χ3n) is 8.24. The maximum atomic E-state index is 11.8. The average molecular weight is 578 g/mol. The highest BCUT2D eigenvalue weighted by Gasteiger charge is 2.35. The Bertz CT molecular complexity index is 1680. The second kappa shape index (κ2) is 10.5. The van der Waals surface area contributed by atoms with Gasteiger partial charge in [-0.1, -0.05) is 12.1 Å². The second-order valence-electron chi connectivity index (χ2n) is 11.3. The van der Waals surface area contributed by atoms with Gasteiger partial charge in [0, 0.05) is 66.0 Å². The monoisotopic (exact) mass is 577 g/mol. The third-order valence-corrected chi connectivity index (χ3v) is 9.85. The Morgan fingerprint density at radius 2 is 1.66 bits per heavy atom. The van der Waals surface area contributed by atoms with Crippen molar-refractivity contribution >= 4 is 43.7 Å². The number of pyridine rings is 1. The summed E-state index contributed by atoms with van der Waals surface area (Å²) >= 11 is 0. The zero-order valence-electron chi connectivity index (χ0n) is 23.5. The molecule has 0 atom stereocenters. The van der Waals surface area contributed by atoms with E-state index in [0.29, 0.717) is 38.3 Å². The van der Waals surface area contributed by atoms with E-state index in [-0.39, 0.29) is 11.5 Å². The van der Waals surface area contributed by atoms with E-state index in [1.165, 1.54) is 0 Å². The van der Waals surface area contributed by atoms with Crippen molar-refractivity contribution in [1.82, 2.24) is 34.3 Å². The number of morpholine rings is 1. The molecular weight excluding hydrogens is 542 g/mol. The quantitative estimate of drug-likeness (QED) is 0.329. The number of para-hydroxylation sites is 2. The first-order chi connectivity index (χ1) is 19.8. The van der Waals surface area contributed by atoms with Gasteiger partial charge in [-0.05, 0) is 24.3 Å². The molecule has 3 aromatic heterocycles. The fourth-order valence-electron chi connectivity index (χ4n) is 5.94. The molecule has 0 bridgehead atoms. The highest BCUT2D eigenvalue weighted by Crippen LogP contribution is 2.30. The molecule has 3 aliphatic rings. The zero-order chi connectivity index (χ0) is 28.1. The number of nitrogens with zero attached hydrogens (tertiary/aromatic N) is 9. The zero-order valence-corrected chi connectivity index (χ0v) is 24.3. The van der Waals surface area contributed by atoms with Gasteiger partial charge in [-0.2, -0.15) is 4.98 Å². The van der Waals surface area contributed by atoms with Gasteiger partial charge in [-0.15, -0.1) is 0 Å². The molecule has 4 aromatic rings. The van der Waals surface area contributed by atoms with E-state index in [9.17, 15) is 8.42 Å². The molecule has 0 radical (unpaired) electrons. The van der Waals surface area contributed by atoms with Crippen LogP contribution in [0, 0.1) is 0 Å². The number of aromatic nitrogens is 5. The van der Waals surface area contributed by atoms with Crippen LogP contribution in [0.15, 0.2) is 36.4 Å². The van der Waals surface area contributed by atoms with Crippen LogP contribution in [0.1, 0.15) is 5.69 Å². The number of hydrogen-bond donors (Lipinski definition) is 0. The Balaban J connectivity index is 1.20. The summed E-state index contributed by atoms with van der Waals surface area (Å²) in [6, 6.07) is 12.6. The molecule has 0 unspecified atom stereocenters. The lowest BCUT2D eigenvalue weighted by Gasteiger charge is -2.46. The van der Waals surface area contributed by atoms with Crippen LogP contribution >= 0.6 is 0 Å². The molecule has 1 aromatic carbocycles. The molecule has 7 rings (SSSR count). The van der Waals surface area contributed by atoms with Gasteiger partial charge in [0.15, 0.2) is 15.7 Å². The number of hydrogen-bond acceptors (Lipinski definition) is 11. The average Bonchev–Trinajstić information content (AvgIpc) is 3.35. The van der Waals surface area contributed by atoms with E-state index in [0.717, 1.165) is 72.3 Å². The first-order valence-corrected chi connectivity index (χ1v) is 16.0. The summed E-state index contributed by atoms with van der Waals surface area (Å²) in [7, 11) is 1.09. The predicted octanol–water partition coefficient (Wildman–Crippen LogP) is 1.18. The smallest absolute Gasteiger partial charge is 0.239 e. The minimum Gasteiger partial charge on any atom is -0.378 e. The molecule has 216 valence electrons. The van der Waals surface area contributed by atoms with Crippen LogP contribution in [-0.4, -0.2) is 127 Å². The maximum absolute atomic E-state index is 11.8. The Labute approximate surface area is 239 Å². The number of rotatable bonds is 6. The summed E-state index contributed by atoms with van der Waals surface area (Å²) < 4.78 is 31.3. The second-order valence-corrected chi connectivity index (χ2v) is 13.6. The summed E-state index contributed by atoms with van der Waals surface area (Å²) in [5, 5.41) is 0. The number of imidazole rings is 1. The fraction of sp³-hybridized carbons (Fsp3) is 0.500. The molecular formula is C28H35N9O3S. The van der Waals surface area contributed by atoms with Gasteiger partial charge in [0.1, 0.15) is 5.52 Å². The van der Waals surface area contributed by atoms with Crippen molar-refractivity contribution in [2.45, 2.75) is 12.6 Å². The topological polar surface area (TPSA) is 113 Å². The van der Waals surface area contributed by atoms with Gasteiger partial charge >= 0.3 is 0 Å². The van der Waals surface area contributed by atoms with Crippen molar-refractivity contribution in [2.24, 2.45) is 0 Å². The van der Waals surface area contributed by atoms with Crippen LogP contribution in [0.4, 0.5) is 11.8 Å². The van der Waals surface area contributed by atoms with Gasteiger partial charge in [-0.25, -0.2) is 27.9 Å². The van der Waals surface area contributed by atoms with Crippen LogP contribution in [0.3, 0.4) is 0 Å². The number of likely N-dealkylation sites (tertiary alicyclic amines) is 1. The fourth-order valence-corrected chi connectivity index (χ4v) is 7.17. The SMILES string of the molecule is CN(C)c1nc2ccccc2n1-c1nc(N2CCOCC2)c2nc(CN3CC(N4CCS(=O)(=O)CC4)C3)ccc2n1. The largest absolute Gasteiger partial charge is 0.378 e. The lowest BCUT2D eigenvalue weighted by atomic mass is 10.1. The molecule has 3 fully saturated rings. The number of anilines is 2. The first-order valence-electron chi connectivity index (χ1n) is 14.2. The third kappa shape index (κ3) is 5.11. The van der Waals surface area contributed by atoms with Crippen LogP contribution in [-0.2, 0) is 21.1 Å². The molecule has 3 saturated heterocycles. The highest BCUT2D eigenvalue weighted by molar-refractivity contribution is 7.91. The number of fused-ring (bicyclic) bond motifs is 2. The molecule has 6 heterocycles. The van der Waals surface area contributed by atoms with E-state index in [2.05, 4.69) is 20.8 Å². The van der Waals surface area contributed by atoms with Crippen molar-refractivity contribution in [3.05, 3.63) is 42.1 Å². The van der Waals surface area contributed by atoms with E-state index >= 15 is 0 Å². The number of benzene rings is 1. The molecule has 0 aliphatic carbocycles. The molecule has 41 heavy (non-hydrogen) atoms. The van der Waals surface area contributed by atoms with Crippen molar-refractivity contribution in [3.8, 4) is 5.95 Å². The first kappa shape index (κ1) is 26.5. The van der Waals surface area contributed by atoms with Gasteiger partial charge in [0.25, 0.3) is 0 Å². The van der Waals surface area contributed by atoms with Crippen LogP contribution in [0.2, 0.25) is 0 Å². The van der Waals surface area contributed by atoms with E-state index in [1.807, 2.05) is 53.9 Å². The molecule has 0 spiro atoms. The molecule has 13 heteroatoms.